The van der Waals surface area contributed by atoms with E-state index in [2.05, 4.69) is 10.1 Å². The summed E-state index contributed by atoms with van der Waals surface area (Å²) in [6.07, 6.45) is 1.47. The van der Waals surface area contributed by atoms with E-state index < -0.39 is 0 Å². The standard InChI is InChI=1S/C10H12N4O/c1-2-14-10(12-6-13-14)8-4-3-7(11)5-9(8)15/h3-6,15H,2,11H2,1H3. The van der Waals surface area contributed by atoms with E-state index in [-0.39, 0.29) is 5.75 Å². The number of aryl methyl sites for hydroxylation is 1. The van der Waals surface area contributed by atoms with E-state index in [0.29, 0.717) is 23.6 Å². The Hall–Kier alpha value is -2.04. The van der Waals surface area contributed by atoms with E-state index in [1.807, 2.05) is 6.92 Å². The van der Waals surface area contributed by atoms with Crippen LogP contribution in [0.25, 0.3) is 11.4 Å². The van der Waals surface area contributed by atoms with E-state index in [0.717, 1.165) is 0 Å². The first-order valence-corrected chi connectivity index (χ1v) is 4.69. The van der Waals surface area contributed by atoms with Crippen LogP contribution in [0.2, 0.25) is 0 Å². The lowest BCUT2D eigenvalue weighted by Crippen LogP contribution is -1.99. The summed E-state index contributed by atoms with van der Waals surface area (Å²) < 4.78 is 1.71. The van der Waals surface area contributed by atoms with Crippen molar-refractivity contribution < 1.29 is 5.11 Å². The first-order valence-electron chi connectivity index (χ1n) is 4.69. The number of aromatic nitrogens is 3. The Bertz CT molecular complexity index is 478. The van der Waals surface area contributed by atoms with Crippen LogP contribution in [-0.4, -0.2) is 19.9 Å². The van der Waals surface area contributed by atoms with Crippen LogP contribution in [0.15, 0.2) is 24.5 Å². The molecule has 5 nitrogen and oxygen atoms in total. The molecule has 2 aromatic rings. The SMILES string of the molecule is CCn1ncnc1-c1ccc(N)cc1O. The molecule has 1 heterocycles. The first kappa shape index (κ1) is 9.51. The molecule has 0 atom stereocenters. The second-order valence-electron chi connectivity index (χ2n) is 3.18. The van der Waals surface area contributed by atoms with Gasteiger partial charge in [0, 0.05) is 18.3 Å². The molecule has 78 valence electrons. The summed E-state index contributed by atoms with van der Waals surface area (Å²) in [5.41, 5.74) is 6.72. The zero-order valence-electron chi connectivity index (χ0n) is 8.38. The number of phenols is 1. The van der Waals surface area contributed by atoms with E-state index in [1.165, 1.54) is 12.4 Å². The largest absolute Gasteiger partial charge is 0.507 e. The smallest absolute Gasteiger partial charge is 0.161 e. The van der Waals surface area contributed by atoms with Gasteiger partial charge in [-0.25, -0.2) is 9.67 Å². The van der Waals surface area contributed by atoms with Crippen molar-refractivity contribution in [3.05, 3.63) is 24.5 Å². The topological polar surface area (TPSA) is 77.0 Å². The first-order chi connectivity index (χ1) is 7.22. The Balaban J connectivity index is 2.54. The van der Waals surface area contributed by atoms with Crippen LogP contribution >= 0.6 is 0 Å². The molecule has 0 aliphatic heterocycles. The number of nitrogens with two attached hydrogens (primary N) is 1. The Kier molecular flexibility index (Phi) is 2.29. The van der Waals surface area contributed by atoms with Crippen molar-refractivity contribution in [2.24, 2.45) is 0 Å². The van der Waals surface area contributed by atoms with Gasteiger partial charge in [-0.05, 0) is 19.1 Å². The van der Waals surface area contributed by atoms with Crippen LogP contribution in [0.5, 0.6) is 5.75 Å². The maximum atomic E-state index is 9.72. The number of phenolic OH excluding ortho intramolecular Hbond substituents is 1. The predicted octanol–water partition coefficient (Wildman–Crippen LogP) is 1.25. The highest BCUT2D eigenvalue weighted by Crippen LogP contribution is 2.28. The van der Waals surface area contributed by atoms with Crippen LogP contribution in [0.1, 0.15) is 6.92 Å². The fourth-order valence-electron chi connectivity index (χ4n) is 1.44. The van der Waals surface area contributed by atoms with E-state index >= 15 is 0 Å². The second kappa shape index (κ2) is 3.61. The average molecular weight is 204 g/mol. The quantitative estimate of drug-likeness (QED) is 0.722. The van der Waals surface area contributed by atoms with Crippen molar-refractivity contribution in [3.63, 3.8) is 0 Å². The van der Waals surface area contributed by atoms with Gasteiger partial charge in [0.05, 0.1) is 5.56 Å². The van der Waals surface area contributed by atoms with Gasteiger partial charge in [0.1, 0.15) is 12.1 Å². The van der Waals surface area contributed by atoms with Crippen molar-refractivity contribution in [2.75, 3.05) is 5.73 Å². The lowest BCUT2D eigenvalue weighted by Gasteiger charge is -2.05. The van der Waals surface area contributed by atoms with Gasteiger partial charge in [-0.3, -0.25) is 0 Å². The molecule has 0 bridgehead atoms. The molecule has 1 aromatic heterocycles. The summed E-state index contributed by atoms with van der Waals surface area (Å²) in [6.45, 7) is 2.67. The molecular formula is C10H12N4O. The highest BCUT2D eigenvalue weighted by atomic mass is 16.3. The van der Waals surface area contributed by atoms with E-state index in [9.17, 15) is 5.11 Å². The summed E-state index contributed by atoms with van der Waals surface area (Å²) in [7, 11) is 0. The van der Waals surface area contributed by atoms with Gasteiger partial charge in [0.25, 0.3) is 0 Å². The highest BCUT2D eigenvalue weighted by Gasteiger charge is 2.10. The normalized spacial score (nSPS) is 10.5. The maximum absolute atomic E-state index is 9.72. The molecule has 1 aromatic carbocycles. The number of nitrogens with zero attached hydrogens (tertiary/aromatic N) is 3. The Morgan fingerprint density at radius 2 is 2.27 bits per heavy atom. The molecule has 3 N–H and O–H groups in total. The molecule has 0 aliphatic rings. The van der Waals surface area contributed by atoms with Gasteiger partial charge in [0.15, 0.2) is 5.82 Å². The third kappa shape index (κ3) is 1.63. The fourth-order valence-corrected chi connectivity index (χ4v) is 1.44. The zero-order valence-corrected chi connectivity index (χ0v) is 8.38. The van der Waals surface area contributed by atoms with Gasteiger partial charge in [0.2, 0.25) is 0 Å². The summed E-state index contributed by atoms with van der Waals surface area (Å²) >= 11 is 0. The summed E-state index contributed by atoms with van der Waals surface area (Å²) in [5.74, 6) is 0.771. The third-order valence-electron chi connectivity index (χ3n) is 2.18. The minimum atomic E-state index is 0.123. The molecule has 0 radical (unpaired) electrons. The zero-order chi connectivity index (χ0) is 10.8. The molecular weight excluding hydrogens is 192 g/mol. The minimum Gasteiger partial charge on any atom is -0.507 e. The van der Waals surface area contributed by atoms with E-state index in [4.69, 9.17) is 5.73 Å². The van der Waals surface area contributed by atoms with Gasteiger partial charge >= 0.3 is 0 Å². The summed E-state index contributed by atoms with van der Waals surface area (Å²) in [6, 6.07) is 4.97. The lowest BCUT2D eigenvalue weighted by atomic mass is 10.1. The summed E-state index contributed by atoms with van der Waals surface area (Å²) in [5, 5.41) is 13.8. The number of benzene rings is 1. The molecule has 15 heavy (non-hydrogen) atoms. The van der Waals surface area contributed by atoms with Crippen LogP contribution in [0.4, 0.5) is 5.69 Å². The number of hydrogen-bond donors (Lipinski definition) is 2. The maximum Gasteiger partial charge on any atom is 0.161 e. The molecule has 0 spiro atoms. The van der Waals surface area contributed by atoms with Gasteiger partial charge in [-0.2, -0.15) is 5.10 Å². The number of rotatable bonds is 2. The number of aromatic hydroxyl groups is 1. The summed E-state index contributed by atoms with van der Waals surface area (Å²) in [4.78, 5) is 4.10. The molecule has 2 rings (SSSR count). The Labute approximate surface area is 87.2 Å². The molecule has 0 aliphatic carbocycles. The van der Waals surface area contributed by atoms with Crippen molar-refractivity contribution >= 4 is 5.69 Å². The monoisotopic (exact) mass is 204 g/mol. The molecule has 0 fully saturated rings. The minimum absolute atomic E-state index is 0.123. The molecule has 0 unspecified atom stereocenters. The van der Waals surface area contributed by atoms with Gasteiger partial charge in [-0.15, -0.1) is 0 Å². The predicted molar refractivity (Wildman–Crippen MR) is 57.2 cm³/mol. The Morgan fingerprint density at radius 1 is 1.47 bits per heavy atom. The van der Waals surface area contributed by atoms with Gasteiger partial charge in [-0.1, -0.05) is 0 Å². The second-order valence-corrected chi connectivity index (χ2v) is 3.18. The van der Waals surface area contributed by atoms with Crippen molar-refractivity contribution in [1.29, 1.82) is 0 Å². The van der Waals surface area contributed by atoms with Crippen LogP contribution in [-0.2, 0) is 6.54 Å². The molecule has 0 amide bonds. The number of nitrogen functional groups attached to an aromatic ring is 1. The Morgan fingerprint density at radius 3 is 2.93 bits per heavy atom. The van der Waals surface area contributed by atoms with Crippen LogP contribution in [0.3, 0.4) is 0 Å². The van der Waals surface area contributed by atoms with Crippen molar-refractivity contribution in [3.8, 4) is 17.1 Å². The fraction of sp³-hybridized carbons (Fsp3) is 0.200. The number of hydrogen-bond acceptors (Lipinski definition) is 4. The molecule has 0 saturated heterocycles. The third-order valence-corrected chi connectivity index (χ3v) is 2.18. The average Bonchev–Trinajstić information content (AvgIpc) is 2.65. The van der Waals surface area contributed by atoms with Crippen molar-refractivity contribution in [2.45, 2.75) is 13.5 Å². The molecule has 0 saturated carbocycles. The van der Waals surface area contributed by atoms with E-state index in [1.54, 1.807) is 16.8 Å². The molecule has 5 heteroatoms. The lowest BCUT2D eigenvalue weighted by molar-refractivity contribution is 0.476. The highest BCUT2D eigenvalue weighted by molar-refractivity contribution is 5.67. The van der Waals surface area contributed by atoms with Crippen LogP contribution in [0, 0.1) is 0 Å². The van der Waals surface area contributed by atoms with Crippen molar-refractivity contribution in [1.82, 2.24) is 14.8 Å². The number of anilines is 1. The van der Waals surface area contributed by atoms with Gasteiger partial charge < -0.3 is 10.8 Å². The van der Waals surface area contributed by atoms with Crippen LogP contribution < -0.4 is 5.73 Å².